The van der Waals surface area contributed by atoms with Crippen LogP contribution in [0.2, 0.25) is 0 Å². The van der Waals surface area contributed by atoms with Gasteiger partial charge in [0.2, 0.25) is 0 Å². The van der Waals surface area contributed by atoms with E-state index >= 15 is 0 Å². The highest BCUT2D eigenvalue weighted by Gasteiger charge is 2.40. The highest BCUT2D eigenvalue weighted by atomic mass is 14.9. The fraction of sp³-hybridized carbons (Fsp3) is 1.00. The van der Waals surface area contributed by atoms with Gasteiger partial charge >= 0.3 is 0 Å². The molecule has 2 saturated carbocycles. The van der Waals surface area contributed by atoms with E-state index in [1.165, 1.54) is 77.3 Å². The quantitative estimate of drug-likeness (QED) is 0.649. The molecule has 0 bridgehead atoms. The van der Waals surface area contributed by atoms with Crippen molar-refractivity contribution in [3.05, 3.63) is 0 Å². The zero-order chi connectivity index (χ0) is 12.9. The number of nitrogens with one attached hydrogen (secondary N) is 1. The van der Waals surface area contributed by atoms with Gasteiger partial charge in [-0.1, -0.05) is 32.6 Å². The number of hydrogen-bond donors (Lipinski definition) is 2. The van der Waals surface area contributed by atoms with Crippen LogP contribution in [0.1, 0.15) is 71.1 Å². The van der Waals surface area contributed by atoms with Gasteiger partial charge in [0.1, 0.15) is 0 Å². The lowest BCUT2D eigenvalue weighted by Gasteiger charge is -2.36. The number of nitrogens with two attached hydrogens (primary N) is 1. The molecule has 0 saturated heterocycles. The standard InChI is InChI=1S/C16H32N2/c1-2-6-16(9-10-16)14-18-12-11-15(13-17)7-4-3-5-8-15/h18H,2-14,17H2,1H3. The SMILES string of the molecule is CCCC1(CNCCC2(CN)CCCCC2)CC1. The summed E-state index contributed by atoms with van der Waals surface area (Å²) in [6, 6.07) is 0. The third-order valence-corrected chi connectivity index (χ3v) is 5.42. The summed E-state index contributed by atoms with van der Waals surface area (Å²) in [4.78, 5) is 0. The molecule has 0 atom stereocenters. The Kier molecular flexibility index (Phi) is 5.08. The van der Waals surface area contributed by atoms with Crippen LogP contribution >= 0.6 is 0 Å². The van der Waals surface area contributed by atoms with Gasteiger partial charge in [-0.2, -0.15) is 0 Å². The Morgan fingerprint density at radius 2 is 1.67 bits per heavy atom. The first-order valence-corrected chi connectivity index (χ1v) is 8.15. The van der Waals surface area contributed by atoms with Crippen molar-refractivity contribution in [1.82, 2.24) is 5.32 Å². The first-order valence-electron chi connectivity index (χ1n) is 8.15. The monoisotopic (exact) mass is 252 g/mol. The molecule has 0 radical (unpaired) electrons. The molecule has 0 spiro atoms. The van der Waals surface area contributed by atoms with E-state index in [-0.39, 0.29) is 0 Å². The smallest absolute Gasteiger partial charge is 0.000781 e. The van der Waals surface area contributed by atoms with Crippen molar-refractivity contribution in [2.45, 2.75) is 71.1 Å². The molecular formula is C16H32N2. The Hall–Kier alpha value is -0.0800. The Balaban J connectivity index is 1.64. The maximum atomic E-state index is 6.04. The molecule has 18 heavy (non-hydrogen) atoms. The zero-order valence-electron chi connectivity index (χ0n) is 12.3. The molecule has 0 amide bonds. The van der Waals surface area contributed by atoms with Crippen LogP contribution in [0.5, 0.6) is 0 Å². The van der Waals surface area contributed by atoms with Gasteiger partial charge in [0, 0.05) is 6.54 Å². The van der Waals surface area contributed by atoms with Gasteiger partial charge in [-0.3, -0.25) is 0 Å². The van der Waals surface area contributed by atoms with Crippen LogP contribution in [0.4, 0.5) is 0 Å². The Bertz CT molecular complexity index is 239. The zero-order valence-corrected chi connectivity index (χ0v) is 12.3. The fourth-order valence-corrected chi connectivity index (χ4v) is 3.79. The first kappa shape index (κ1) is 14.3. The van der Waals surface area contributed by atoms with E-state index in [2.05, 4.69) is 12.2 Å². The molecule has 2 aliphatic carbocycles. The summed E-state index contributed by atoms with van der Waals surface area (Å²) in [5.74, 6) is 0. The van der Waals surface area contributed by atoms with E-state index in [4.69, 9.17) is 5.73 Å². The minimum Gasteiger partial charge on any atom is -0.330 e. The van der Waals surface area contributed by atoms with E-state index in [0.717, 1.165) is 6.54 Å². The molecule has 2 fully saturated rings. The van der Waals surface area contributed by atoms with Crippen LogP contribution in [0.15, 0.2) is 0 Å². The van der Waals surface area contributed by atoms with Crippen LogP contribution in [0.3, 0.4) is 0 Å². The number of rotatable bonds is 8. The van der Waals surface area contributed by atoms with Crippen molar-refractivity contribution in [3.63, 3.8) is 0 Å². The van der Waals surface area contributed by atoms with Crippen LogP contribution in [-0.4, -0.2) is 19.6 Å². The van der Waals surface area contributed by atoms with E-state index in [1.807, 2.05) is 0 Å². The maximum absolute atomic E-state index is 6.04. The van der Waals surface area contributed by atoms with Gasteiger partial charge in [0.05, 0.1) is 0 Å². The summed E-state index contributed by atoms with van der Waals surface area (Å²) < 4.78 is 0. The molecule has 2 heteroatoms. The van der Waals surface area contributed by atoms with Gasteiger partial charge in [0.15, 0.2) is 0 Å². The fourth-order valence-electron chi connectivity index (χ4n) is 3.79. The van der Waals surface area contributed by atoms with Crippen molar-refractivity contribution >= 4 is 0 Å². The van der Waals surface area contributed by atoms with Crippen molar-refractivity contribution in [3.8, 4) is 0 Å². The highest BCUT2D eigenvalue weighted by molar-refractivity contribution is 4.94. The average molecular weight is 252 g/mol. The molecule has 0 aliphatic heterocycles. The second-order valence-corrected chi connectivity index (χ2v) is 6.94. The summed E-state index contributed by atoms with van der Waals surface area (Å²) in [5, 5.41) is 3.72. The minimum atomic E-state index is 0.479. The predicted octanol–water partition coefficient (Wildman–Crippen LogP) is 3.46. The lowest BCUT2D eigenvalue weighted by molar-refractivity contribution is 0.179. The maximum Gasteiger partial charge on any atom is 0.000781 e. The lowest BCUT2D eigenvalue weighted by atomic mass is 9.72. The van der Waals surface area contributed by atoms with E-state index in [0.29, 0.717) is 10.8 Å². The van der Waals surface area contributed by atoms with Crippen LogP contribution < -0.4 is 11.1 Å². The molecule has 0 aromatic heterocycles. The second-order valence-electron chi connectivity index (χ2n) is 6.94. The van der Waals surface area contributed by atoms with Crippen molar-refractivity contribution in [2.24, 2.45) is 16.6 Å². The van der Waals surface area contributed by atoms with Crippen LogP contribution in [0.25, 0.3) is 0 Å². The third-order valence-electron chi connectivity index (χ3n) is 5.42. The second kappa shape index (κ2) is 6.38. The van der Waals surface area contributed by atoms with Gasteiger partial charge < -0.3 is 11.1 Å². The third kappa shape index (κ3) is 3.71. The largest absolute Gasteiger partial charge is 0.330 e. The summed E-state index contributed by atoms with van der Waals surface area (Å²) in [5.41, 5.74) is 7.21. The highest BCUT2D eigenvalue weighted by Crippen LogP contribution is 2.49. The molecule has 0 aromatic carbocycles. The van der Waals surface area contributed by atoms with E-state index in [1.54, 1.807) is 0 Å². The first-order chi connectivity index (χ1) is 8.74. The Morgan fingerprint density at radius 3 is 2.22 bits per heavy atom. The van der Waals surface area contributed by atoms with Crippen molar-refractivity contribution in [2.75, 3.05) is 19.6 Å². The minimum absolute atomic E-state index is 0.479. The van der Waals surface area contributed by atoms with Crippen molar-refractivity contribution < 1.29 is 0 Å². The van der Waals surface area contributed by atoms with Crippen LogP contribution in [-0.2, 0) is 0 Å². The molecule has 2 rings (SSSR count). The average Bonchev–Trinajstić information content (AvgIpc) is 3.17. The van der Waals surface area contributed by atoms with Gasteiger partial charge in [0.25, 0.3) is 0 Å². The predicted molar refractivity (Wildman–Crippen MR) is 78.6 cm³/mol. The van der Waals surface area contributed by atoms with Crippen LogP contribution in [0, 0.1) is 10.8 Å². The molecule has 106 valence electrons. The molecular weight excluding hydrogens is 220 g/mol. The molecule has 2 nitrogen and oxygen atoms in total. The topological polar surface area (TPSA) is 38.0 Å². The van der Waals surface area contributed by atoms with E-state index < -0.39 is 0 Å². The summed E-state index contributed by atoms with van der Waals surface area (Å²) >= 11 is 0. The molecule has 0 aromatic rings. The summed E-state index contributed by atoms with van der Waals surface area (Å²) in [7, 11) is 0. The normalized spacial score (nSPS) is 25.0. The van der Waals surface area contributed by atoms with E-state index in [9.17, 15) is 0 Å². The Morgan fingerprint density at radius 1 is 0.944 bits per heavy atom. The van der Waals surface area contributed by atoms with Crippen molar-refractivity contribution in [1.29, 1.82) is 0 Å². The lowest BCUT2D eigenvalue weighted by Crippen LogP contribution is -2.37. The van der Waals surface area contributed by atoms with Gasteiger partial charge in [-0.05, 0) is 62.4 Å². The summed E-state index contributed by atoms with van der Waals surface area (Å²) in [6.07, 6.45) is 13.9. The van der Waals surface area contributed by atoms with Gasteiger partial charge in [-0.25, -0.2) is 0 Å². The molecule has 3 N–H and O–H groups in total. The molecule has 0 unspecified atom stereocenters. The number of hydrogen-bond acceptors (Lipinski definition) is 2. The molecule has 0 heterocycles. The van der Waals surface area contributed by atoms with Gasteiger partial charge in [-0.15, -0.1) is 0 Å². The Labute approximate surface area is 113 Å². The summed E-state index contributed by atoms with van der Waals surface area (Å²) in [6.45, 7) is 5.64. The molecule has 2 aliphatic rings.